The molecule has 1 rings (SSSR count). The van der Waals surface area contributed by atoms with Crippen LogP contribution in [0.5, 0.6) is 0 Å². The highest BCUT2D eigenvalue weighted by Gasteiger charge is 2.08. The van der Waals surface area contributed by atoms with Crippen LogP contribution in [0.3, 0.4) is 0 Å². The highest BCUT2D eigenvalue weighted by Crippen LogP contribution is 2.21. The second kappa shape index (κ2) is 3.04. The molecule has 2 N–H and O–H groups in total. The zero-order chi connectivity index (χ0) is 8.59. The molecule has 0 radical (unpaired) electrons. The van der Waals surface area contributed by atoms with Gasteiger partial charge in [-0.2, -0.15) is 4.09 Å². The van der Waals surface area contributed by atoms with Crippen LogP contribution in [0.2, 0.25) is 5.02 Å². The Labute approximate surface area is 81.0 Å². The minimum Gasteiger partial charge on any atom is -0.395 e. The lowest BCUT2D eigenvalue weighted by molar-refractivity contribution is 0.910. The lowest BCUT2D eigenvalue weighted by Crippen LogP contribution is -2.18. The summed E-state index contributed by atoms with van der Waals surface area (Å²) >= 11 is 12.2. The normalized spacial score (nSPS) is 10.1. The van der Waals surface area contributed by atoms with Gasteiger partial charge < -0.3 is 5.73 Å². The van der Waals surface area contributed by atoms with E-state index >= 15 is 0 Å². The average Bonchev–Trinajstić information content (AvgIpc) is 1.97. The number of nitrogen functional groups attached to an aromatic ring is 1. The van der Waals surface area contributed by atoms with Crippen molar-refractivity contribution in [1.29, 1.82) is 0 Å². The molecule has 0 aromatic carbocycles. The highest BCUT2D eigenvalue weighted by atomic mass is 79.9. The Morgan fingerprint density at radius 1 is 1.73 bits per heavy atom. The minimum absolute atomic E-state index is 0.0816. The van der Waals surface area contributed by atoms with Crippen LogP contribution in [0.25, 0.3) is 0 Å². The van der Waals surface area contributed by atoms with Gasteiger partial charge in [0.2, 0.25) is 0 Å². The first-order valence-corrected chi connectivity index (χ1v) is 4.04. The van der Waals surface area contributed by atoms with Crippen molar-refractivity contribution in [3.05, 3.63) is 20.0 Å². The van der Waals surface area contributed by atoms with Crippen LogP contribution in [-0.2, 0) is 0 Å². The molecular formula is C4H3BrClN3OS. The number of hydrogen-bond donors (Lipinski definition) is 2. The zero-order valence-electron chi connectivity index (χ0n) is 5.08. The van der Waals surface area contributed by atoms with E-state index < -0.39 is 5.56 Å². The van der Waals surface area contributed by atoms with Crippen molar-refractivity contribution in [3.63, 3.8) is 0 Å². The molecule has 0 bridgehead atoms. The molecule has 1 aromatic rings. The molecule has 0 aliphatic heterocycles. The van der Waals surface area contributed by atoms with Crippen molar-refractivity contribution in [1.82, 2.24) is 9.19 Å². The lowest BCUT2D eigenvalue weighted by Gasteiger charge is -2.00. The summed E-state index contributed by atoms with van der Waals surface area (Å²) < 4.78 is 1.11. The Morgan fingerprint density at radius 2 is 2.27 bits per heavy atom. The van der Waals surface area contributed by atoms with Gasteiger partial charge in [-0.1, -0.05) is 11.6 Å². The molecule has 0 saturated carbocycles. The number of rotatable bonds is 0. The zero-order valence-corrected chi connectivity index (χ0v) is 8.32. The number of halogens is 2. The van der Waals surface area contributed by atoms with E-state index in [-0.39, 0.29) is 10.7 Å². The first-order chi connectivity index (χ1) is 5.04. The summed E-state index contributed by atoms with van der Waals surface area (Å²) in [5.41, 5.74) is 4.96. The molecule has 7 heteroatoms. The molecular weight excluding hydrogens is 253 g/mol. The number of hydrogen-bond acceptors (Lipinski definition) is 4. The third-order valence-corrected chi connectivity index (χ3v) is 2.23. The summed E-state index contributed by atoms with van der Waals surface area (Å²) in [6.07, 6.45) is 0. The lowest BCUT2D eigenvalue weighted by atomic mass is 10.5. The Morgan fingerprint density at radius 3 is 2.82 bits per heavy atom. The van der Waals surface area contributed by atoms with Crippen LogP contribution in [0.15, 0.2) is 9.40 Å². The number of thiol groups is 1. The van der Waals surface area contributed by atoms with Crippen molar-refractivity contribution >= 4 is 46.0 Å². The van der Waals surface area contributed by atoms with Gasteiger partial charge in [0.1, 0.15) is 5.02 Å². The first kappa shape index (κ1) is 8.89. The van der Waals surface area contributed by atoms with E-state index in [1.807, 2.05) is 0 Å². The van der Waals surface area contributed by atoms with Crippen LogP contribution in [-0.4, -0.2) is 9.19 Å². The van der Waals surface area contributed by atoms with Crippen LogP contribution < -0.4 is 11.3 Å². The first-order valence-electron chi connectivity index (χ1n) is 2.47. The maximum absolute atomic E-state index is 10.9. The molecule has 0 unspecified atom stereocenters. The maximum Gasteiger partial charge on any atom is 0.297 e. The van der Waals surface area contributed by atoms with E-state index in [1.54, 1.807) is 0 Å². The number of nitrogens with two attached hydrogens (primary N) is 1. The molecule has 4 nitrogen and oxygen atoms in total. The Kier molecular flexibility index (Phi) is 2.46. The Balaban J connectivity index is 3.59. The van der Waals surface area contributed by atoms with Gasteiger partial charge in [-0.3, -0.25) is 4.79 Å². The summed E-state index contributed by atoms with van der Waals surface area (Å²) in [5.74, 6) is 0. The van der Waals surface area contributed by atoms with Gasteiger partial charge in [0, 0.05) is 0 Å². The predicted octanol–water partition coefficient (Wildman–Crippen LogP) is 0.934. The van der Waals surface area contributed by atoms with Gasteiger partial charge in [0.05, 0.1) is 5.69 Å². The van der Waals surface area contributed by atoms with Crippen molar-refractivity contribution in [2.75, 3.05) is 5.73 Å². The van der Waals surface area contributed by atoms with Crippen LogP contribution >= 0.6 is 40.3 Å². The summed E-state index contributed by atoms with van der Waals surface area (Å²) in [6, 6.07) is 0. The molecule has 0 fully saturated rings. The maximum atomic E-state index is 10.9. The van der Waals surface area contributed by atoms with Gasteiger partial charge in [-0.15, -0.1) is 5.10 Å². The van der Waals surface area contributed by atoms with Gasteiger partial charge in [0.15, 0.2) is 4.60 Å². The third-order valence-electron chi connectivity index (χ3n) is 1.01. The molecule has 1 heterocycles. The van der Waals surface area contributed by atoms with E-state index in [2.05, 4.69) is 33.8 Å². The van der Waals surface area contributed by atoms with E-state index in [9.17, 15) is 4.79 Å². The molecule has 0 amide bonds. The van der Waals surface area contributed by atoms with Gasteiger partial charge in [0.25, 0.3) is 5.56 Å². The van der Waals surface area contributed by atoms with Gasteiger partial charge in [-0.05, 0) is 28.7 Å². The topological polar surface area (TPSA) is 60.9 Å². The van der Waals surface area contributed by atoms with E-state index in [0.717, 1.165) is 4.09 Å². The molecule has 0 atom stereocenters. The largest absolute Gasteiger partial charge is 0.395 e. The molecule has 0 spiro atoms. The van der Waals surface area contributed by atoms with E-state index in [4.69, 9.17) is 17.3 Å². The van der Waals surface area contributed by atoms with E-state index in [0.29, 0.717) is 4.60 Å². The minimum atomic E-state index is -0.532. The Bertz CT molecular complexity index is 352. The number of nitrogens with zero attached hydrogens (tertiary/aromatic N) is 2. The van der Waals surface area contributed by atoms with Crippen LogP contribution in [0.4, 0.5) is 5.69 Å². The second-order valence-electron chi connectivity index (χ2n) is 1.71. The summed E-state index contributed by atoms with van der Waals surface area (Å²) in [6.45, 7) is 0. The highest BCUT2D eigenvalue weighted by molar-refractivity contribution is 9.10. The predicted molar refractivity (Wildman–Crippen MR) is 50.0 cm³/mol. The standard InChI is InChI=1S/C4H3BrClN3OS/c5-3-2(7)1(6)4(10)9(11)8-3/h11H,7H2. The average molecular weight is 257 g/mol. The van der Waals surface area contributed by atoms with E-state index in [1.165, 1.54) is 0 Å². The summed E-state index contributed by atoms with van der Waals surface area (Å²) in [5, 5.41) is 3.53. The van der Waals surface area contributed by atoms with Crippen molar-refractivity contribution in [3.8, 4) is 0 Å². The smallest absolute Gasteiger partial charge is 0.297 e. The van der Waals surface area contributed by atoms with Crippen molar-refractivity contribution < 1.29 is 0 Å². The second-order valence-corrected chi connectivity index (χ2v) is 3.22. The molecule has 1 aromatic heterocycles. The summed E-state index contributed by atoms with van der Waals surface area (Å²) in [7, 11) is 0. The fraction of sp³-hybridized carbons (Fsp3) is 0. The number of anilines is 1. The van der Waals surface area contributed by atoms with Crippen molar-refractivity contribution in [2.45, 2.75) is 0 Å². The molecule has 0 saturated heterocycles. The van der Waals surface area contributed by atoms with Crippen LogP contribution in [0.1, 0.15) is 0 Å². The number of aromatic nitrogens is 2. The van der Waals surface area contributed by atoms with Gasteiger partial charge >= 0.3 is 0 Å². The fourth-order valence-corrected chi connectivity index (χ4v) is 1.49. The van der Waals surface area contributed by atoms with Gasteiger partial charge in [-0.25, -0.2) is 0 Å². The fourth-order valence-electron chi connectivity index (χ4n) is 0.476. The third kappa shape index (κ3) is 1.52. The Hall–Kier alpha value is -0.200. The molecule has 0 aliphatic carbocycles. The molecule has 11 heavy (non-hydrogen) atoms. The molecule has 60 valence electrons. The van der Waals surface area contributed by atoms with Crippen molar-refractivity contribution in [2.24, 2.45) is 0 Å². The summed E-state index contributed by atoms with van der Waals surface area (Å²) in [4.78, 5) is 10.9. The van der Waals surface area contributed by atoms with Crippen LogP contribution in [0, 0.1) is 0 Å². The SMILES string of the molecule is Nc1c(Br)nn(S)c(=O)c1Cl. The quantitative estimate of drug-likeness (QED) is 0.679. The molecule has 0 aliphatic rings. The monoisotopic (exact) mass is 255 g/mol.